The number of likely N-dealkylation sites (tertiary alicyclic amines) is 1. The zero-order valence-corrected chi connectivity index (χ0v) is 11.5. The molecule has 1 heterocycles. The Labute approximate surface area is 114 Å². The molecule has 2 rings (SSSR count). The zero-order valence-electron chi connectivity index (χ0n) is 11.5. The average Bonchev–Trinajstić information content (AvgIpc) is 2.47. The van der Waals surface area contributed by atoms with Gasteiger partial charge in [-0.2, -0.15) is 0 Å². The van der Waals surface area contributed by atoms with E-state index in [1.165, 1.54) is 5.56 Å². The Balaban J connectivity index is 1.70. The Bertz CT molecular complexity index is 386. The highest BCUT2D eigenvalue weighted by Gasteiger charge is 2.21. The molecule has 1 N–H and O–H groups in total. The number of piperidine rings is 1. The Kier molecular flexibility index (Phi) is 5.36. The molecule has 4 nitrogen and oxygen atoms in total. The molecule has 0 aromatic heterocycles. The molecule has 0 atom stereocenters. The van der Waals surface area contributed by atoms with Crippen molar-refractivity contribution in [2.24, 2.45) is 0 Å². The van der Waals surface area contributed by atoms with Crippen LogP contribution in [0, 0.1) is 0 Å². The molecule has 0 unspecified atom stereocenters. The number of nitrogens with zero attached hydrogens (tertiary/aromatic N) is 1. The van der Waals surface area contributed by atoms with Crippen LogP contribution >= 0.6 is 0 Å². The first-order valence-electron chi connectivity index (χ1n) is 6.83. The highest BCUT2D eigenvalue weighted by atomic mass is 16.5. The molecule has 1 aromatic carbocycles. The molecule has 0 aliphatic carbocycles. The van der Waals surface area contributed by atoms with Crippen LogP contribution in [0.1, 0.15) is 18.4 Å². The quantitative estimate of drug-likeness (QED) is 0.872. The summed E-state index contributed by atoms with van der Waals surface area (Å²) >= 11 is 0. The number of benzene rings is 1. The van der Waals surface area contributed by atoms with E-state index in [1.54, 1.807) is 7.11 Å². The van der Waals surface area contributed by atoms with Gasteiger partial charge in [-0.05, 0) is 18.4 Å². The normalized spacial score (nSPS) is 16.6. The second-order valence-corrected chi connectivity index (χ2v) is 4.95. The van der Waals surface area contributed by atoms with Crippen LogP contribution in [-0.2, 0) is 16.1 Å². The minimum atomic E-state index is 0.101. The first-order chi connectivity index (χ1) is 9.29. The topological polar surface area (TPSA) is 41.6 Å². The third kappa shape index (κ3) is 4.33. The predicted molar refractivity (Wildman–Crippen MR) is 74.8 cm³/mol. The number of methoxy groups -OCH3 is 1. The molecule has 0 saturated carbocycles. The average molecular weight is 262 g/mol. The molecule has 104 valence electrons. The van der Waals surface area contributed by atoms with E-state index >= 15 is 0 Å². The number of carbonyl (C=O) groups is 1. The summed E-state index contributed by atoms with van der Waals surface area (Å²) in [7, 11) is 1.56. The lowest BCUT2D eigenvalue weighted by Gasteiger charge is -2.32. The summed E-state index contributed by atoms with van der Waals surface area (Å²) in [4.78, 5) is 13.6. The maximum Gasteiger partial charge on any atom is 0.248 e. The molecule has 1 amide bonds. The maximum absolute atomic E-state index is 11.7. The van der Waals surface area contributed by atoms with Crippen LogP contribution in [0.5, 0.6) is 0 Å². The van der Waals surface area contributed by atoms with Gasteiger partial charge in [0.15, 0.2) is 0 Å². The van der Waals surface area contributed by atoms with E-state index in [0.717, 1.165) is 32.5 Å². The second-order valence-electron chi connectivity index (χ2n) is 4.95. The van der Waals surface area contributed by atoms with Gasteiger partial charge in [-0.3, -0.25) is 4.79 Å². The van der Waals surface area contributed by atoms with Gasteiger partial charge in [0.2, 0.25) is 5.91 Å². The molecule has 1 aliphatic heterocycles. The van der Waals surface area contributed by atoms with E-state index in [9.17, 15) is 4.79 Å². The van der Waals surface area contributed by atoms with Gasteiger partial charge in [0.25, 0.3) is 0 Å². The van der Waals surface area contributed by atoms with Crippen molar-refractivity contribution in [2.75, 3.05) is 26.8 Å². The second kappa shape index (κ2) is 7.26. The monoisotopic (exact) mass is 262 g/mol. The highest BCUT2D eigenvalue weighted by Crippen LogP contribution is 2.11. The Morgan fingerprint density at radius 2 is 2.00 bits per heavy atom. The SMILES string of the molecule is COCC(=O)N1CCC(NCc2ccccc2)CC1. The van der Waals surface area contributed by atoms with Crippen LogP contribution in [0.3, 0.4) is 0 Å². The summed E-state index contributed by atoms with van der Waals surface area (Å²) in [6, 6.07) is 10.9. The van der Waals surface area contributed by atoms with E-state index in [1.807, 2.05) is 11.0 Å². The third-order valence-corrected chi connectivity index (χ3v) is 3.55. The molecule has 1 saturated heterocycles. The number of carbonyl (C=O) groups excluding carboxylic acids is 1. The molecule has 0 spiro atoms. The highest BCUT2D eigenvalue weighted by molar-refractivity contribution is 5.77. The molecular weight excluding hydrogens is 240 g/mol. The summed E-state index contributed by atoms with van der Waals surface area (Å²) in [5, 5.41) is 3.56. The fraction of sp³-hybridized carbons (Fsp3) is 0.533. The molecule has 1 aromatic rings. The van der Waals surface area contributed by atoms with Gasteiger partial charge >= 0.3 is 0 Å². The summed E-state index contributed by atoms with van der Waals surface area (Å²) in [6.45, 7) is 2.75. The largest absolute Gasteiger partial charge is 0.375 e. The minimum absolute atomic E-state index is 0.101. The lowest BCUT2D eigenvalue weighted by Crippen LogP contribution is -2.45. The lowest BCUT2D eigenvalue weighted by atomic mass is 10.0. The number of ether oxygens (including phenoxy) is 1. The van der Waals surface area contributed by atoms with Gasteiger partial charge in [-0.1, -0.05) is 30.3 Å². The van der Waals surface area contributed by atoms with Gasteiger partial charge in [0.05, 0.1) is 0 Å². The van der Waals surface area contributed by atoms with E-state index in [-0.39, 0.29) is 12.5 Å². The van der Waals surface area contributed by atoms with Crippen molar-refractivity contribution >= 4 is 5.91 Å². The summed E-state index contributed by atoms with van der Waals surface area (Å²) in [5.41, 5.74) is 1.31. The molecule has 4 heteroatoms. The van der Waals surface area contributed by atoms with Gasteiger partial charge in [-0.15, -0.1) is 0 Å². The van der Waals surface area contributed by atoms with Gasteiger partial charge < -0.3 is 15.0 Å². The minimum Gasteiger partial charge on any atom is -0.375 e. The number of rotatable bonds is 5. The lowest BCUT2D eigenvalue weighted by molar-refractivity contribution is -0.136. The van der Waals surface area contributed by atoms with E-state index in [4.69, 9.17) is 4.74 Å². The van der Waals surface area contributed by atoms with Gasteiger partial charge in [0, 0.05) is 32.8 Å². The van der Waals surface area contributed by atoms with Crippen molar-refractivity contribution in [1.29, 1.82) is 0 Å². The predicted octanol–water partition coefficient (Wildman–Crippen LogP) is 1.41. The van der Waals surface area contributed by atoms with Crippen molar-refractivity contribution in [3.8, 4) is 0 Å². The Morgan fingerprint density at radius 3 is 2.63 bits per heavy atom. The standard InChI is InChI=1S/C15H22N2O2/c1-19-12-15(18)17-9-7-14(8-10-17)16-11-13-5-3-2-4-6-13/h2-6,14,16H,7-12H2,1H3. The first kappa shape index (κ1) is 14.0. The van der Waals surface area contributed by atoms with Gasteiger partial charge in [-0.25, -0.2) is 0 Å². The molecular formula is C15H22N2O2. The van der Waals surface area contributed by atoms with Crippen LogP contribution in [-0.4, -0.2) is 43.7 Å². The fourth-order valence-electron chi connectivity index (χ4n) is 2.41. The molecule has 1 aliphatic rings. The third-order valence-electron chi connectivity index (χ3n) is 3.55. The Morgan fingerprint density at radius 1 is 1.32 bits per heavy atom. The molecule has 1 fully saturated rings. The fourth-order valence-corrected chi connectivity index (χ4v) is 2.41. The van der Waals surface area contributed by atoms with Crippen LogP contribution in [0.25, 0.3) is 0 Å². The molecule has 0 radical (unpaired) electrons. The van der Waals surface area contributed by atoms with Crippen molar-refractivity contribution in [3.63, 3.8) is 0 Å². The van der Waals surface area contributed by atoms with E-state index in [0.29, 0.717) is 6.04 Å². The number of hydrogen-bond acceptors (Lipinski definition) is 3. The van der Waals surface area contributed by atoms with E-state index < -0.39 is 0 Å². The molecule has 0 bridgehead atoms. The van der Waals surface area contributed by atoms with Crippen molar-refractivity contribution in [2.45, 2.75) is 25.4 Å². The number of hydrogen-bond donors (Lipinski definition) is 1. The summed E-state index contributed by atoms with van der Waals surface area (Å²) in [5.74, 6) is 0.101. The zero-order chi connectivity index (χ0) is 13.5. The van der Waals surface area contributed by atoms with Crippen molar-refractivity contribution < 1.29 is 9.53 Å². The smallest absolute Gasteiger partial charge is 0.248 e. The van der Waals surface area contributed by atoms with Crippen molar-refractivity contribution in [1.82, 2.24) is 10.2 Å². The van der Waals surface area contributed by atoms with Crippen LogP contribution in [0.4, 0.5) is 0 Å². The maximum atomic E-state index is 11.7. The van der Waals surface area contributed by atoms with Crippen LogP contribution < -0.4 is 5.32 Å². The summed E-state index contributed by atoms with van der Waals surface area (Å²) in [6.07, 6.45) is 2.03. The number of amides is 1. The number of nitrogens with one attached hydrogen (secondary N) is 1. The van der Waals surface area contributed by atoms with Crippen LogP contribution in [0.15, 0.2) is 30.3 Å². The Hall–Kier alpha value is -1.39. The van der Waals surface area contributed by atoms with E-state index in [2.05, 4.69) is 29.6 Å². The van der Waals surface area contributed by atoms with Crippen molar-refractivity contribution in [3.05, 3.63) is 35.9 Å². The molecule has 19 heavy (non-hydrogen) atoms. The summed E-state index contributed by atoms with van der Waals surface area (Å²) < 4.78 is 4.88. The van der Waals surface area contributed by atoms with Crippen LogP contribution in [0.2, 0.25) is 0 Å². The van der Waals surface area contributed by atoms with Gasteiger partial charge in [0.1, 0.15) is 6.61 Å². The first-order valence-corrected chi connectivity index (χ1v) is 6.83.